The number of aliphatic carboxylic acids is 1. The number of carboxylic acids is 1. The van der Waals surface area contributed by atoms with Gasteiger partial charge in [0, 0.05) is 38.8 Å². The number of rotatable bonds is 2. The van der Waals surface area contributed by atoms with Crippen LogP contribution in [0.1, 0.15) is 23.2 Å². The number of pyridine rings is 1. The van der Waals surface area contributed by atoms with Gasteiger partial charge >= 0.3 is 5.97 Å². The highest BCUT2D eigenvalue weighted by Gasteiger charge is 2.52. The molecule has 1 aromatic heterocycles. The van der Waals surface area contributed by atoms with Crippen molar-refractivity contribution in [2.24, 2.45) is 18.4 Å². The second-order valence-corrected chi connectivity index (χ2v) is 7.53. The third-order valence-corrected chi connectivity index (χ3v) is 6.09. The van der Waals surface area contributed by atoms with E-state index in [9.17, 15) is 19.5 Å². The van der Waals surface area contributed by atoms with Crippen LogP contribution in [0.4, 0.5) is 0 Å². The van der Waals surface area contributed by atoms with E-state index in [0.717, 1.165) is 10.9 Å². The first-order chi connectivity index (χ1) is 12.9. The first-order valence-corrected chi connectivity index (χ1v) is 9.11. The van der Waals surface area contributed by atoms with Crippen LogP contribution in [0.5, 0.6) is 0 Å². The van der Waals surface area contributed by atoms with Crippen molar-refractivity contribution in [3.05, 3.63) is 46.2 Å². The zero-order chi connectivity index (χ0) is 19.2. The SMILES string of the molecule is Cn1c(=O)c(C(=O)N2CC(C(=O)O)C3(CCOCC3)C2)cc2ccccc21. The van der Waals surface area contributed by atoms with Gasteiger partial charge in [-0.25, -0.2) is 0 Å². The molecule has 0 bridgehead atoms. The number of aryl methyl sites for hydroxylation is 1. The summed E-state index contributed by atoms with van der Waals surface area (Å²) in [6, 6.07) is 9.00. The lowest BCUT2D eigenvalue weighted by Crippen LogP contribution is -2.40. The molecule has 7 nitrogen and oxygen atoms in total. The minimum absolute atomic E-state index is 0.0875. The monoisotopic (exact) mass is 370 g/mol. The minimum atomic E-state index is -0.890. The summed E-state index contributed by atoms with van der Waals surface area (Å²) >= 11 is 0. The number of nitrogens with zero attached hydrogens (tertiary/aromatic N) is 2. The molecule has 2 aliphatic rings. The molecule has 2 saturated heterocycles. The number of hydrogen-bond acceptors (Lipinski definition) is 4. The number of aromatic nitrogens is 1. The van der Waals surface area contributed by atoms with E-state index in [2.05, 4.69) is 0 Å². The first kappa shape index (κ1) is 17.7. The van der Waals surface area contributed by atoms with Gasteiger partial charge in [0.2, 0.25) is 0 Å². The van der Waals surface area contributed by atoms with Crippen molar-refractivity contribution in [3.63, 3.8) is 0 Å². The van der Waals surface area contributed by atoms with Crippen LogP contribution in [0.3, 0.4) is 0 Å². The molecule has 2 aromatic rings. The number of fused-ring (bicyclic) bond motifs is 1. The Hall–Kier alpha value is -2.67. The maximum absolute atomic E-state index is 13.1. The van der Waals surface area contributed by atoms with E-state index in [4.69, 9.17) is 4.74 Å². The summed E-state index contributed by atoms with van der Waals surface area (Å²) in [6.45, 7) is 1.49. The standard InChI is InChI=1S/C20H22N2O5/c1-21-16-5-3-2-4-13(16)10-14(17(21)23)18(24)22-11-15(19(25)26)20(12-22)6-8-27-9-7-20/h2-5,10,15H,6-9,11-12H2,1H3,(H,25,26). The smallest absolute Gasteiger partial charge is 0.308 e. The lowest BCUT2D eigenvalue weighted by Gasteiger charge is -2.36. The molecule has 4 rings (SSSR count). The van der Waals surface area contributed by atoms with E-state index >= 15 is 0 Å². The van der Waals surface area contributed by atoms with Gasteiger partial charge in [0.05, 0.1) is 11.4 Å². The second-order valence-electron chi connectivity index (χ2n) is 7.53. The quantitative estimate of drug-likeness (QED) is 0.865. The van der Waals surface area contributed by atoms with Crippen molar-refractivity contribution < 1.29 is 19.4 Å². The Labute approximate surface area is 156 Å². The fourth-order valence-electron chi connectivity index (χ4n) is 4.49. The summed E-state index contributed by atoms with van der Waals surface area (Å²) < 4.78 is 6.87. The zero-order valence-electron chi connectivity index (χ0n) is 15.2. The minimum Gasteiger partial charge on any atom is -0.481 e. The largest absolute Gasteiger partial charge is 0.481 e. The van der Waals surface area contributed by atoms with E-state index in [-0.39, 0.29) is 17.7 Å². The van der Waals surface area contributed by atoms with E-state index in [1.807, 2.05) is 24.3 Å². The van der Waals surface area contributed by atoms with Crippen molar-refractivity contribution in [1.82, 2.24) is 9.47 Å². The molecule has 1 aromatic carbocycles. The van der Waals surface area contributed by atoms with Gasteiger partial charge in [-0.3, -0.25) is 14.4 Å². The molecule has 0 saturated carbocycles. The van der Waals surface area contributed by atoms with Crippen molar-refractivity contribution >= 4 is 22.8 Å². The molecule has 2 aliphatic heterocycles. The maximum Gasteiger partial charge on any atom is 0.308 e. The Morgan fingerprint density at radius 3 is 2.63 bits per heavy atom. The van der Waals surface area contributed by atoms with Crippen molar-refractivity contribution in [3.8, 4) is 0 Å². The normalized spacial score (nSPS) is 21.7. The van der Waals surface area contributed by atoms with Crippen LogP contribution in [0.15, 0.2) is 35.1 Å². The zero-order valence-corrected chi connectivity index (χ0v) is 15.2. The second kappa shape index (κ2) is 6.49. The molecule has 2 fully saturated rings. The molecule has 7 heteroatoms. The summed E-state index contributed by atoms with van der Waals surface area (Å²) in [5.41, 5.74) is 0.00897. The number of likely N-dealkylation sites (tertiary alicyclic amines) is 1. The summed E-state index contributed by atoms with van der Waals surface area (Å²) in [6.07, 6.45) is 1.23. The Bertz CT molecular complexity index is 974. The fraction of sp³-hybridized carbons (Fsp3) is 0.450. The molecule has 1 atom stereocenters. The molecule has 0 radical (unpaired) electrons. The molecule has 27 heavy (non-hydrogen) atoms. The van der Waals surface area contributed by atoms with E-state index < -0.39 is 23.2 Å². The van der Waals surface area contributed by atoms with Crippen molar-refractivity contribution in [2.75, 3.05) is 26.3 Å². The van der Waals surface area contributed by atoms with E-state index in [0.29, 0.717) is 32.6 Å². The van der Waals surface area contributed by atoms with Crippen LogP contribution < -0.4 is 5.56 Å². The van der Waals surface area contributed by atoms with Gasteiger partial charge in [0.25, 0.3) is 11.5 Å². The number of benzene rings is 1. The average molecular weight is 370 g/mol. The molecule has 1 spiro atoms. The summed E-state index contributed by atoms with van der Waals surface area (Å²) in [4.78, 5) is 39.3. The number of ether oxygens (including phenoxy) is 1. The number of carboxylic acid groups (broad SMARTS) is 1. The van der Waals surface area contributed by atoms with Gasteiger partial charge in [0.15, 0.2) is 0 Å². The van der Waals surface area contributed by atoms with Gasteiger partial charge in [0.1, 0.15) is 5.56 Å². The van der Waals surface area contributed by atoms with Gasteiger partial charge in [-0.2, -0.15) is 0 Å². The van der Waals surface area contributed by atoms with Gasteiger partial charge in [-0.15, -0.1) is 0 Å². The van der Waals surface area contributed by atoms with Gasteiger partial charge in [-0.05, 0) is 30.4 Å². The summed E-state index contributed by atoms with van der Waals surface area (Å²) in [7, 11) is 1.64. The van der Waals surface area contributed by atoms with Gasteiger partial charge in [-0.1, -0.05) is 18.2 Å². The summed E-state index contributed by atoms with van der Waals surface area (Å²) in [5.74, 6) is -1.91. The van der Waals surface area contributed by atoms with Crippen molar-refractivity contribution in [2.45, 2.75) is 12.8 Å². The molecule has 1 amide bonds. The van der Waals surface area contributed by atoms with Crippen LogP contribution in [0.2, 0.25) is 0 Å². The van der Waals surface area contributed by atoms with Crippen LogP contribution >= 0.6 is 0 Å². The van der Waals surface area contributed by atoms with Crippen LogP contribution in [0.25, 0.3) is 10.9 Å². The van der Waals surface area contributed by atoms with Crippen LogP contribution in [-0.4, -0.2) is 52.8 Å². The highest BCUT2D eigenvalue weighted by molar-refractivity contribution is 5.98. The Balaban J connectivity index is 1.71. The highest BCUT2D eigenvalue weighted by atomic mass is 16.5. The fourth-order valence-corrected chi connectivity index (χ4v) is 4.49. The molecular formula is C20H22N2O5. The summed E-state index contributed by atoms with van der Waals surface area (Å²) in [5, 5.41) is 10.5. The third-order valence-electron chi connectivity index (χ3n) is 6.09. The predicted molar refractivity (Wildman–Crippen MR) is 98.7 cm³/mol. The van der Waals surface area contributed by atoms with Crippen LogP contribution in [-0.2, 0) is 16.6 Å². The highest BCUT2D eigenvalue weighted by Crippen LogP contribution is 2.44. The lowest BCUT2D eigenvalue weighted by molar-refractivity contribution is -0.146. The molecule has 0 aliphatic carbocycles. The molecule has 3 heterocycles. The number of hydrogen-bond donors (Lipinski definition) is 1. The van der Waals surface area contributed by atoms with Gasteiger partial charge < -0.3 is 19.3 Å². The Morgan fingerprint density at radius 2 is 1.93 bits per heavy atom. The number of carbonyl (C=O) groups excluding carboxylic acids is 1. The van der Waals surface area contributed by atoms with Crippen molar-refractivity contribution in [1.29, 1.82) is 0 Å². The lowest BCUT2D eigenvalue weighted by atomic mass is 9.72. The Morgan fingerprint density at radius 1 is 1.22 bits per heavy atom. The molecule has 1 unspecified atom stereocenters. The Kier molecular flexibility index (Phi) is 4.26. The van der Waals surface area contributed by atoms with E-state index in [1.54, 1.807) is 13.1 Å². The molecule has 1 N–H and O–H groups in total. The number of amides is 1. The third kappa shape index (κ3) is 2.82. The number of carbonyl (C=O) groups is 2. The van der Waals surface area contributed by atoms with E-state index in [1.165, 1.54) is 9.47 Å². The number of para-hydroxylation sites is 1. The predicted octanol–water partition coefficient (Wildman–Crippen LogP) is 1.49. The first-order valence-electron chi connectivity index (χ1n) is 9.11. The maximum atomic E-state index is 13.1. The average Bonchev–Trinajstić information content (AvgIpc) is 3.03. The van der Waals surface area contributed by atoms with Crippen LogP contribution in [0, 0.1) is 11.3 Å². The molecular weight excluding hydrogens is 348 g/mol. The topological polar surface area (TPSA) is 88.8 Å². The molecule has 142 valence electrons.